The Balaban J connectivity index is 1.90. The first-order valence-corrected chi connectivity index (χ1v) is 6.95. The molecule has 21 heavy (non-hydrogen) atoms. The smallest absolute Gasteiger partial charge is 0.253 e. The molecule has 2 aromatic carbocycles. The van der Waals surface area contributed by atoms with Gasteiger partial charge in [0.1, 0.15) is 6.10 Å². The van der Waals surface area contributed by atoms with Gasteiger partial charge in [0.15, 0.2) is 0 Å². The van der Waals surface area contributed by atoms with Gasteiger partial charge in [0.2, 0.25) is 0 Å². The summed E-state index contributed by atoms with van der Waals surface area (Å²) in [6.45, 7) is 2.08. The third-order valence-electron chi connectivity index (χ3n) is 2.98. The topological polar surface area (TPSA) is 64.3 Å². The predicted molar refractivity (Wildman–Crippen MR) is 85.2 cm³/mol. The summed E-state index contributed by atoms with van der Waals surface area (Å²) in [7, 11) is 0. The fourth-order valence-corrected chi connectivity index (χ4v) is 1.93. The highest BCUT2D eigenvalue weighted by Gasteiger charge is 2.14. The number of nitrogens with two attached hydrogens (primary N) is 1. The highest BCUT2D eigenvalue weighted by molar-refractivity contribution is 6.31. The van der Waals surface area contributed by atoms with Crippen LogP contribution in [0.5, 0.6) is 0 Å². The number of ether oxygens (including phenoxy) is 1. The van der Waals surface area contributed by atoms with Gasteiger partial charge in [-0.25, -0.2) is 0 Å². The number of nitrogens with one attached hydrogen (secondary N) is 1. The van der Waals surface area contributed by atoms with Gasteiger partial charge in [0.25, 0.3) is 5.91 Å². The molecule has 1 unspecified atom stereocenters. The molecule has 1 atom stereocenters. The molecular formula is C16H17ClN2O2. The van der Waals surface area contributed by atoms with Crippen molar-refractivity contribution in [3.05, 3.63) is 59.1 Å². The lowest BCUT2D eigenvalue weighted by Crippen LogP contribution is -2.28. The average Bonchev–Trinajstić information content (AvgIpc) is 2.48. The zero-order valence-electron chi connectivity index (χ0n) is 11.7. The summed E-state index contributed by atoms with van der Waals surface area (Å²) >= 11 is 5.82. The van der Waals surface area contributed by atoms with E-state index in [0.29, 0.717) is 23.0 Å². The van der Waals surface area contributed by atoms with Gasteiger partial charge in [-0.05, 0) is 30.7 Å². The summed E-state index contributed by atoms with van der Waals surface area (Å²) in [5.41, 5.74) is 7.76. The maximum absolute atomic E-state index is 12.0. The van der Waals surface area contributed by atoms with E-state index in [0.717, 1.165) is 5.56 Å². The minimum Gasteiger partial charge on any atom is -0.397 e. The molecule has 0 aliphatic rings. The van der Waals surface area contributed by atoms with Crippen molar-refractivity contribution in [2.75, 3.05) is 11.1 Å². The number of nitrogen functional groups attached to an aromatic ring is 1. The van der Waals surface area contributed by atoms with E-state index >= 15 is 0 Å². The Morgan fingerprint density at radius 2 is 2.00 bits per heavy atom. The first-order chi connectivity index (χ1) is 10.1. The van der Waals surface area contributed by atoms with Crippen molar-refractivity contribution in [1.29, 1.82) is 0 Å². The lowest BCUT2D eigenvalue weighted by Gasteiger charge is -2.14. The maximum Gasteiger partial charge on any atom is 0.253 e. The van der Waals surface area contributed by atoms with Crippen LogP contribution in [0.25, 0.3) is 0 Å². The van der Waals surface area contributed by atoms with Crippen LogP contribution in [-0.4, -0.2) is 12.0 Å². The average molecular weight is 305 g/mol. The van der Waals surface area contributed by atoms with E-state index in [-0.39, 0.29) is 5.91 Å². The van der Waals surface area contributed by atoms with Crippen LogP contribution >= 0.6 is 11.6 Å². The summed E-state index contributed by atoms with van der Waals surface area (Å²) in [6, 6.07) is 14.6. The van der Waals surface area contributed by atoms with E-state index in [2.05, 4.69) is 5.32 Å². The Morgan fingerprint density at radius 1 is 1.29 bits per heavy atom. The molecule has 3 N–H and O–H groups in total. The molecule has 0 spiro atoms. The Labute approximate surface area is 128 Å². The number of hydrogen-bond donors (Lipinski definition) is 2. The highest BCUT2D eigenvalue weighted by atomic mass is 35.5. The monoisotopic (exact) mass is 304 g/mol. The molecule has 0 bridgehead atoms. The van der Waals surface area contributed by atoms with Crippen LogP contribution in [0.2, 0.25) is 5.02 Å². The van der Waals surface area contributed by atoms with E-state index in [1.165, 1.54) is 0 Å². The number of amides is 1. The van der Waals surface area contributed by atoms with Crippen LogP contribution in [0.4, 0.5) is 11.4 Å². The van der Waals surface area contributed by atoms with Crippen LogP contribution < -0.4 is 11.1 Å². The summed E-state index contributed by atoms with van der Waals surface area (Å²) in [6.07, 6.45) is -0.583. The molecule has 1 amide bonds. The molecule has 0 aromatic heterocycles. The fourth-order valence-electron chi connectivity index (χ4n) is 1.75. The third-order valence-corrected chi connectivity index (χ3v) is 3.22. The SMILES string of the molecule is CC(OCc1ccccc1)C(=O)Nc1ccc(Cl)cc1N. The van der Waals surface area contributed by atoms with Gasteiger partial charge in [0, 0.05) is 5.02 Å². The maximum atomic E-state index is 12.0. The number of anilines is 2. The molecule has 110 valence electrons. The van der Waals surface area contributed by atoms with Gasteiger partial charge in [-0.2, -0.15) is 0 Å². The minimum atomic E-state index is -0.583. The molecule has 0 aliphatic heterocycles. The molecule has 0 aliphatic carbocycles. The van der Waals surface area contributed by atoms with E-state index in [9.17, 15) is 4.79 Å². The molecule has 0 fully saturated rings. The lowest BCUT2D eigenvalue weighted by molar-refractivity contribution is -0.127. The van der Waals surface area contributed by atoms with Crippen LogP contribution in [0.3, 0.4) is 0 Å². The standard InChI is InChI=1S/C16H17ClN2O2/c1-11(21-10-12-5-3-2-4-6-12)16(20)19-15-8-7-13(17)9-14(15)18/h2-9,11H,10,18H2,1H3,(H,19,20). The Kier molecular flexibility index (Phi) is 5.20. The van der Waals surface area contributed by atoms with Crippen molar-refractivity contribution < 1.29 is 9.53 Å². The van der Waals surface area contributed by atoms with Crippen LogP contribution in [0.1, 0.15) is 12.5 Å². The molecule has 5 heteroatoms. The Bertz CT molecular complexity index is 617. The van der Waals surface area contributed by atoms with Crippen molar-refractivity contribution in [3.63, 3.8) is 0 Å². The summed E-state index contributed by atoms with van der Waals surface area (Å²) in [5, 5.41) is 3.25. The number of carbonyl (C=O) groups excluding carboxylic acids is 1. The Hall–Kier alpha value is -2.04. The van der Waals surface area contributed by atoms with Crippen LogP contribution in [0.15, 0.2) is 48.5 Å². The van der Waals surface area contributed by atoms with Gasteiger partial charge >= 0.3 is 0 Å². The molecule has 4 nitrogen and oxygen atoms in total. The van der Waals surface area contributed by atoms with Gasteiger partial charge in [-0.1, -0.05) is 41.9 Å². The van der Waals surface area contributed by atoms with Gasteiger partial charge in [0.05, 0.1) is 18.0 Å². The second-order valence-electron chi connectivity index (χ2n) is 4.66. The van der Waals surface area contributed by atoms with Crippen molar-refractivity contribution in [3.8, 4) is 0 Å². The van der Waals surface area contributed by atoms with Crippen molar-refractivity contribution in [1.82, 2.24) is 0 Å². The summed E-state index contributed by atoms with van der Waals surface area (Å²) < 4.78 is 5.55. The molecule has 2 rings (SSSR count). The number of halogens is 1. The van der Waals surface area contributed by atoms with E-state index in [4.69, 9.17) is 22.1 Å². The Morgan fingerprint density at radius 3 is 2.67 bits per heavy atom. The summed E-state index contributed by atoms with van der Waals surface area (Å²) in [5.74, 6) is -0.250. The van der Waals surface area contributed by atoms with Gasteiger partial charge < -0.3 is 15.8 Å². The number of carbonyl (C=O) groups is 1. The number of benzene rings is 2. The molecule has 0 saturated carbocycles. The number of hydrogen-bond acceptors (Lipinski definition) is 3. The lowest BCUT2D eigenvalue weighted by atomic mass is 10.2. The van der Waals surface area contributed by atoms with Crippen LogP contribution in [0, 0.1) is 0 Å². The van der Waals surface area contributed by atoms with E-state index in [1.807, 2.05) is 30.3 Å². The first-order valence-electron chi connectivity index (χ1n) is 6.57. The van der Waals surface area contributed by atoms with E-state index < -0.39 is 6.10 Å². The van der Waals surface area contributed by atoms with Crippen molar-refractivity contribution >= 4 is 28.9 Å². The molecule has 0 radical (unpaired) electrons. The summed E-state index contributed by atoms with van der Waals surface area (Å²) in [4.78, 5) is 12.0. The quantitative estimate of drug-likeness (QED) is 0.831. The highest BCUT2D eigenvalue weighted by Crippen LogP contribution is 2.22. The number of rotatable bonds is 5. The second-order valence-corrected chi connectivity index (χ2v) is 5.10. The fraction of sp³-hybridized carbons (Fsp3) is 0.188. The minimum absolute atomic E-state index is 0.250. The molecule has 0 saturated heterocycles. The zero-order valence-corrected chi connectivity index (χ0v) is 12.4. The second kappa shape index (κ2) is 7.11. The molecule has 2 aromatic rings. The third kappa shape index (κ3) is 4.48. The first kappa shape index (κ1) is 15.4. The van der Waals surface area contributed by atoms with Crippen LogP contribution in [-0.2, 0) is 16.1 Å². The van der Waals surface area contributed by atoms with E-state index in [1.54, 1.807) is 25.1 Å². The van der Waals surface area contributed by atoms with Gasteiger partial charge in [-0.3, -0.25) is 4.79 Å². The normalized spacial score (nSPS) is 11.9. The predicted octanol–water partition coefficient (Wildman–Crippen LogP) is 3.47. The largest absolute Gasteiger partial charge is 0.397 e. The van der Waals surface area contributed by atoms with Crippen molar-refractivity contribution in [2.24, 2.45) is 0 Å². The van der Waals surface area contributed by atoms with Gasteiger partial charge in [-0.15, -0.1) is 0 Å². The zero-order chi connectivity index (χ0) is 15.2. The van der Waals surface area contributed by atoms with Crippen molar-refractivity contribution in [2.45, 2.75) is 19.6 Å². The molecular weight excluding hydrogens is 288 g/mol. The molecule has 0 heterocycles.